The van der Waals surface area contributed by atoms with Crippen LogP contribution in [0.4, 0.5) is 11.5 Å². The standard InChI is InChI=1S/C15H22N4O3/c1-11-8-15(16-9-14(11)19(20)21)17-12-2-5-18(6-3-12)13-4-7-22-10-13/h8-9,12-13H,2-7,10H2,1H3,(H,16,17). The lowest BCUT2D eigenvalue weighted by molar-refractivity contribution is -0.385. The van der Waals surface area contributed by atoms with Crippen LogP contribution in [0.15, 0.2) is 12.3 Å². The number of anilines is 1. The monoisotopic (exact) mass is 306 g/mol. The lowest BCUT2D eigenvalue weighted by atomic mass is 10.0. The smallest absolute Gasteiger partial charge is 0.290 e. The summed E-state index contributed by atoms with van der Waals surface area (Å²) in [6.07, 6.45) is 4.60. The Morgan fingerprint density at radius 3 is 2.77 bits per heavy atom. The van der Waals surface area contributed by atoms with E-state index in [0.717, 1.165) is 51.4 Å². The van der Waals surface area contributed by atoms with Crippen molar-refractivity contribution in [2.75, 3.05) is 31.6 Å². The van der Waals surface area contributed by atoms with Crippen molar-refractivity contribution < 1.29 is 9.66 Å². The molecular weight excluding hydrogens is 284 g/mol. The molecule has 2 fully saturated rings. The molecule has 120 valence electrons. The van der Waals surface area contributed by atoms with Crippen LogP contribution < -0.4 is 5.32 Å². The largest absolute Gasteiger partial charge is 0.380 e. The zero-order valence-corrected chi connectivity index (χ0v) is 12.8. The fraction of sp³-hybridized carbons (Fsp3) is 0.667. The molecule has 3 heterocycles. The Balaban J connectivity index is 1.54. The minimum atomic E-state index is -0.395. The fourth-order valence-corrected chi connectivity index (χ4v) is 3.25. The number of nitrogens with one attached hydrogen (secondary N) is 1. The third kappa shape index (κ3) is 3.36. The second-order valence-electron chi connectivity index (χ2n) is 6.09. The van der Waals surface area contributed by atoms with Gasteiger partial charge >= 0.3 is 0 Å². The maximum absolute atomic E-state index is 10.8. The molecule has 1 aromatic heterocycles. The summed E-state index contributed by atoms with van der Waals surface area (Å²) >= 11 is 0. The predicted octanol–water partition coefficient (Wildman–Crippen LogP) is 1.96. The van der Waals surface area contributed by atoms with Crippen molar-refractivity contribution in [2.45, 2.75) is 38.3 Å². The van der Waals surface area contributed by atoms with Gasteiger partial charge in [0.15, 0.2) is 0 Å². The predicted molar refractivity (Wildman–Crippen MR) is 83.1 cm³/mol. The third-order valence-electron chi connectivity index (χ3n) is 4.58. The molecule has 2 saturated heterocycles. The minimum absolute atomic E-state index is 0.0709. The second kappa shape index (κ2) is 6.58. The van der Waals surface area contributed by atoms with Crippen LogP contribution in [0.2, 0.25) is 0 Å². The molecule has 7 heteroatoms. The maximum Gasteiger partial charge on any atom is 0.290 e. The van der Waals surface area contributed by atoms with Gasteiger partial charge in [0.05, 0.1) is 11.5 Å². The zero-order valence-electron chi connectivity index (χ0n) is 12.8. The Kier molecular flexibility index (Phi) is 4.54. The van der Waals surface area contributed by atoms with Crippen molar-refractivity contribution in [3.8, 4) is 0 Å². The first-order valence-electron chi connectivity index (χ1n) is 7.83. The SMILES string of the molecule is Cc1cc(NC2CCN(C3CCOC3)CC2)ncc1[N+](=O)[O-]. The molecule has 7 nitrogen and oxygen atoms in total. The molecule has 0 spiro atoms. The van der Waals surface area contributed by atoms with E-state index >= 15 is 0 Å². The highest BCUT2D eigenvalue weighted by Gasteiger charge is 2.27. The van der Waals surface area contributed by atoms with Gasteiger partial charge in [0.25, 0.3) is 5.69 Å². The normalized spacial score (nSPS) is 23.6. The van der Waals surface area contributed by atoms with Crippen LogP contribution in [-0.2, 0) is 4.74 Å². The van der Waals surface area contributed by atoms with Crippen molar-refractivity contribution in [3.63, 3.8) is 0 Å². The number of aryl methyl sites for hydroxylation is 1. The summed E-state index contributed by atoms with van der Waals surface area (Å²) in [6, 6.07) is 2.72. The van der Waals surface area contributed by atoms with E-state index in [-0.39, 0.29) is 5.69 Å². The van der Waals surface area contributed by atoms with E-state index < -0.39 is 4.92 Å². The lowest BCUT2D eigenvalue weighted by Crippen LogP contribution is -2.44. The number of hydrogen-bond donors (Lipinski definition) is 1. The van der Waals surface area contributed by atoms with E-state index in [1.165, 1.54) is 6.20 Å². The van der Waals surface area contributed by atoms with Gasteiger partial charge < -0.3 is 10.1 Å². The number of nitrogens with zero attached hydrogens (tertiary/aromatic N) is 3. The number of rotatable bonds is 4. The first-order valence-corrected chi connectivity index (χ1v) is 7.83. The quantitative estimate of drug-likeness (QED) is 0.676. The zero-order chi connectivity index (χ0) is 15.5. The van der Waals surface area contributed by atoms with Crippen LogP contribution in [0.1, 0.15) is 24.8 Å². The summed E-state index contributed by atoms with van der Waals surface area (Å²) < 4.78 is 5.45. The average Bonchev–Trinajstić information content (AvgIpc) is 3.02. The number of hydrogen-bond acceptors (Lipinski definition) is 6. The van der Waals surface area contributed by atoms with E-state index in [1.807, 2.05) is 0 Å². The summed E-state index contributed by atoms with van der Waals surface area (Å²) in [4.78, 5) is 17.1. The molecule has 0 bridgehead atoms. The van der Waals surface area contributed by atoms with Crippen molar-refractivity contribution in [1.82, 2.24) is 9.88 Å². The number of pyridine rings is 1. The molecule has 1 atom stereocenters. The molecule has 0 aliphatic carbocycles. The Labute approximate surface area is 129 Å². The van der Waals surface area contributed by atoms with Crippen molar-refractivity contribution in [2.24, 2.45) is 0 Å². The van der Waals surface area contributed by atoms with Crippen molar-refractivity contribution >= 4 is 11.5 Å². The summed E-state index contributed by atoms with van der Waals surface area (Å²) in [6.45, 7) is 5.62. The average molecular weight is 306 g/mol. The Hall–Kier alpha value is -1.73. The molecule has 22 heavy (non-hydrogen) atoms. The van der Waals surface area contributed by atoms with Crippen LogP contribution >= 0.6 is 0 Å². The summed E-state index contributed by atoms with van der Waals surface area (Å²) in [5.74, 6) is 0.728. The highest BCUT2D eigenvalue weighted by atomic mass is 16.6. The molecule has 3 rings (SSSR count). The van der Waals surface area contributed by atoms with Crippen molar-refractivity contribution in [1.29, 1.82) is 0 Å². The molecule has 2 aliphatic rings. The first-order chi connectivity index (χ1) is 10.6. The Bertz CT molecular complexity index is 538. The molecule has 2 aliphatic heterocycles. The van der Waals surface area contributed by atoms with E-state index in [9.17, 15) is 10.1 Å². The van der Waals surface area contributed by atoms with Gasteiger partial charge in [-0.2, -0.15) is 0 Å². The van der Waals surface area contributed by atoms with E-state index in [1.54, 1.807) is 13.0 Å². The highest BCUT2D eigenvalue weighted by molar-refractivity contribution is 5.47. The van der Waals surface area contributed by atoms with E-state index in [4.69, 9.17) is 4.74 Å². The molecule has 0 aromatic carbocycles. The Morgan fingerprint density at radius 1 is 1.41 bits per heavy atom. The number of nitro groups is 1. The van der Waals surface area contributed by atoms with Crippen LogP contribution in [0.3, 0.4) is 0 Å². The fourth-order valence-electron chi connectivity index (χ4n) is 3.25. The van der Waals surface area contributed by atoms with Gasteiger partial charge in [0.2, 0.25) is 0 Å². The molecule has 0 radical (unpaired) electrons. The van der Waals surface area contributed by atoms with Crippen LogP contribution in [0.5, 0.6) is 0 Å². The van der Waals surface area contributed by atoms with Crippen LogP contribution in [0.25, 0.3) is 0 Å². The van der Waals surface area contributed by atoms with Gasteiger partial charge in [0.1, 0.15) is 12.0 Å². The van der Waals surface area contributed by atoms with Gasteiger partial charge in [-0.05, 0) is 32.3 Å². The number of likely N-dealkylation sites (tertiary alicyclic amines) is 1. The van der Waals surface area contributed by atoms with Gasteiger partial charge in [-0.1, -0.05) is 0 Å². The van der Waals surface area contributed by atoms with Crippen molar-refractivity contribution in [3.05, 3.63) is 27.9 Å². The van der Waals surface area contributed by atoms with E-state index in [2.05, 4.69) is 15.2 Å². The van der Waals surface area contributed by atoms with E-state index in [0.29, 0.717) is 17.6 Å². The lowest BCUT2D eigenvalue weighted by Gasteiger charge is -2.35. The first kappa shape index (κ1) is 15.2. The number of aromatic nitrogens is 1. The molecule has 0 amide bonds. The summed E-state index contributed by atoms with van der Waals surface area (Å²) in [7, 11) is 0. The van der Waals surface area contributed by atoms with Crippen LogP contribution in [-0.4, -0.2) is 53.2 Å². The number of ether oxygens (including phenoxy) is 1. The number of piperidine rings is 1. The maximum atomic E-state index is 10.8. The molecule has 1 N–H and O–H groups in total. The molecule has 0 saturated carbocycles. The molecular formula is C15H22N4O3. The van der Waals surface area contributed by atoms with Gasteiger partial charge in [-0.25, -0.2) is 4.98 Å². The minimum Gasteiger partial charge on any atom is -0.380 e. The van der Waals surface area contributed by atoms with Gasteiger partial charge in [-0.15, -0.1) is 0 Å². The third-order valence-corrected chi connectivity index (χ3v) is 4.58. The molecule has 1 unspecified atom stereocenters. The van der Waals surface area contributed by atoms with Gasteiger partial charge in [0, 0.05) is 37.3 Å². The highest BCUT2D eigenvalue weighted by Crippen LogP contribution is 2.23. The Morgan fingerprint density at radius 2 is 2.18 bits per heavy atom. The second-order valence-corrected chi connectivity index (χ2v) is 6.09. The van der Waals surface area contributed by atoms with Crippen LogP contribution in [0, 0.1) is 17.0 Å². The van der Waals surface area contributed by atoms with Gasteiger partial charge in [-0.3, -0.25) is 15.0 Å². The summed E-state index contributed by atoms with van der Waals surface area (Å²) in [5, 5.41) is 14.2. The summed E-state index contributed by atoms with van der Waals surface area (Å²) in [5.41, 5.74) is 0.713. The molecule has 1 aromatic rings. The topological polar surface area (TPSA) is 80.5 Å².